The van der Waals surface area contributed by atoms with Gasteiger partial charge in [-0.15, -0.1) is 10.2 Å². The third-order valence-corrected chi connectivity index (χ3v) is 3.98. The maximum absolute atomic E-state index is 8.84. The van der Waals surface area contributed by atoms with Gasteiger partial charge in [0.1, 0.15) is 22.8 Å². The smallest absolute Gasteiger partial charge is 0.254 e. The lowest BCUT2D eigenvalue weighted by atomic mass is 10.1. The van der Waals surface area contributed by atoms with E-state index >= 15 is 0 Å². The van der Waals surface area contributed by atoms with Crippen molar-refractivity contribution in [2.75, 3.05) is 18.5 Å². The summed E-state index contributed by atoms with van der Waals surface area (Å²) in [5.41, 5.74) is 2.93. The number of aliphatic hydroxyl groups is 1. The van der Waals surface area contributed by atoms with Crippen LogP contribution >= 0.6 is 0 Å². The van der Waals surface area contributed by atoms with E-state index < -0.39 is 0 Å². The van der Waals surface area contributed by atoms with Gasteiger partial charge in [-0.1, -0.05) is 35.5 Å². The van der Waals surface area contributed by atoms with E-state index in [1.54, 1.807) is 12.3 Å². The molecule has 3 heterocycles. The zero-order valence-corrected chi connectivity index (χ0v) is 14.6. The SMILES string of the molecule is Cc1onc(-c2ccccc2)c1-c1nnc(-c2ccc(NCCO)nc2)o1. The van der Waals surface area contributed by atoms with Gasteiger partial charge in [-0.25, -0.2) is 4.98 Å². The molecule has 8 heteroatoms. The molecule has 27 heavy (non-hydrogen) atoms. The normalized spacial score (nSPS) is 10.9. The Labute approximate surface area is 154 Å². The molecule has 136 valence electrons. The predicted molar refractivity (Wildman–Crippen MR) is 98.8 cm³/mol. The average Bonchev–Trinajstić information content (AvgIpc) is 3.34. The van der Waals surface area contributed by atoms with E-state index in [1.807, 2.05) is 43.3 Å². The minimum atomic E-state index is 0.0400. The third-order valence-electron chi connectivity index (χ3n) is 3.98. The Morgan fingerprint density at radius 2 is 1.81 bits per heavy atom. The number of hydrogen-bond donors (Lipinski definition) is 2. The van der Waals surface area contributed by atoms with E-state index in [4.69, 9.17) is 14.0 Å². The van der Waals surface area contributed by atoms with E-state index in [0.717, 1.165) is 5.56 Å². The highest BCUT2D eigenvalue weighted by Gasteiger charge is 2.22. The molecular weight excluding hydrogens is 346 g/mol. The highest BCUT2D eigenvalue weighted by molar-refractivity contribution is 5.78. The molecule has 8 nitrogen and oxygen atoms in total. The number of nitrogens with one attached hydrogen (secondary N) is 1. The van der Waals surface area contributed by atoms with Crippen molar-refractivity contribution in [3.63, 3.8) is 0 Å². The Morgan fingerprint density at radius 3 is 2.56 bits per heavy atom. The van der Waals surface area contributed by atoms with Crippen LogP contribution in [0.25, 0.3) is 34.2 Å². The predicted octanol–water partition coefficient (Wildman–Crippen LogP) is 3.17. The van der Waals surface area contributed by atoms with Crippen LogP contribution in [0.2, 0.25) is 0 Å². The largest absolute Gasteiger partial charge is 0.416 e. The van der Waals surface area contributed by atoms with E-state index in [-0.39, 0.29) is 6.61 Å². The number of aryl methyl sites for hydroxylation is 1. The number of anilines is 1. The van der Waals surface area contributed by atoms with Crippen LogP contribution in [-0.2, 0) is 0 Å². The second-order valence-corrected chi connectivity index (χ2v) is 5.82. The average molecular weight is 363 g/mol. The van der Waals surface area contributed by atoms with E-state index in [1.165, 1.54) is 0 Å². The second kappa shape index (κ2) is 7.38. The van der Waals surface area contributed by atoms with Gasteiger partial charge in [0.05, 0.1) is 12.2 Å². The van der Waals surface area contributed by atoms with Crippen molar-refractivity contribution < 1.29 is 14.0 Å². The molecule has 0 unspecified atom stereocenters. The molecule has 1 aromatic carbocycles. The van der Waals surface area contributed by atoms with Crippen molar-refractivity contribution in [1.29, 1.82) is 0 Å². The molecule has 3 aromatic heterocycles. The van der Waals surface area contributed by atoms with Crippen LogP contribution < -0.4 is 5.32 Å². The summed E-state index contributed by atoms with van der Waals surface area (Å²) in [7, 11) is 0. The maximum atomic E-state index is 8.84. The molecule has 2 N–H and O–H groups in total. The molecule has 0 aliphatic rings. The second-order valence-electron chi connectivity index (χ2n) is 5.82. The van der Waals surface area contributed by atoms with Gasteiger partial charge in [-0.2, -0.15) is 0 Å². The monoisotopic (exact) mass is 363 g/mol. The summed E-state index contributed by atoms with van der Waals surface area (Å²) in [6.07, 6.45) is 1.63. The minimum Gasteiger partial charge on any atom is -0.416 e. The first-order valence-electron chi connectivity index (χ1n) is 8.43. The first-order valence-corrected chi connectivity index (χ1v) is 8.43. The van der Waals surface area contributed by atoms with Gasteiger partial charge in [-0.05, 0) is 19.1 Å². The minimum absolute atomic E-state index is 0.0400. The Hall–Kier alpha value is -3.52. The van der Waals surface area contributed by atoms with Crippen LogP contribution in [0.5, 0.6) is 0 Å². The fourth-order valence-electron chi connectivity index (χ4n) is 2.67. The third kappa shape index (κ3) is 3.42. The number of nitrogens with zero attached hydrogens (tertiary/aromatic N) is 4. The lowest BCUT2D eigenvalue weighted by molar-refractivity contribution is 0.311. The standard InChI is InChI=1S/C19H17N5O3/c1-12-16(17(24-27-12)13-5-3-2-4-6-13)19-23-22-18(26-19)14-7-8-15(21-11-14)20-9-10-25/h2-8,11,25H,9-10H2,1H3,(H,20,21). The van der Waals surface area contributed by atoms with E-state index in [2.05, 4.69) is 25.7 Å². The van der Waals surface area contributed by atoms with Gasteiger partial charge in [0.25, 0.3) is 5.89 Å². The van der Waals surface area contributed by atoms with Crippen LogP contribution in [0.1, 0.15) is 5.76 Å². The van der Waals surface area contributed by atoms with Crippen LogP contribution in [-0.4, -0.2) is 38.6 Å². The summed E-state index contributed by atoms with van der Waals surface area (Å²) >= 11 is 0. The lowest BCUT2D eigenvalue weighted by Crippen LogP contribution is -2.06. The molecule has 0 aliphatic heterocycles. The number of aliphatic hydroxyl groups excluding tert-OH is 1. The van der Waals surface area contributed by atoms with E-state index in [0.29, 0.717) is 46.7 Å². The summed E-state index contributed by atoms with van der Waals surface area (Å²) in [5, 5.41) is 24.3. The van der Waals surface area contributed by atoms with Gasteiger partial charge >= 0.3 is 0 Å². The van der Waals surface area contributed by atoms with Crippen LogP contribution in [0.3, 0.4) is 0 Å². The number of benzene rings is 1. The summed E-state index contributed by atoms with van der Waals surface area (Å²) in [6, 6.07) is 13.3. The Morgan fingerprint density at radius 1 is 1.00 bits per heavy atom. The van der Waals surface area contributed by atoms with E-state index in [9.17, 15) is 0 Å². The molecule has 0 radical (unpaired) electrons. The molecule has 0 spiro atoms. The number of rotatable bonds is 6. The van der Waals surface area contributed by atoms with Crippen molar-refractivity contribution in [3.8, 4) is 34.2 Å². The van der Waals surface area contributed by atoms with Gasteiger partial charge in [-0.3, -0.25) is 0 Å². The van der Waals surface area contributed by atoms with Crippen LogP contribution in [0, 0.1) is 6.92 Å². The first kappa shape index (κ1) is 16.9. The maximum Gasteiger partial charge on any atom is 0.254 e. The van der Waals surface area contributed by atoms with Crippen molar-refractivity contribution in [1.82, 2.24) is 20.3 Å². The van der Waals surface area contributed by atoms with Crippen molar-refractivity contribution in [2.45, 2.75) is 6.92 Å². The molecule has 0 saturated heterocycles. The molecule has 0 bridgehead atoms. The first-order chi connectivity index (χ1) is 13.3. The van der Waals surface area contributed by atoms with Crippen LogP contribution in [0.15, 0.2) is 57.6 Å². The number of hydrogen-bond acceptors (Lipinski definition) is 8. The van der Waals surface area contributed by atoms with Crippen molar-refractivity contribution >= 4 is 5.82 Å². The lowest BCUT2D eigenvalue weighted by Gasteiger charge is -2.02. The summed E-state index contributed by atoms with van der Waals surface area (Å²) < 4.78 is 11.2. The molecule has 0 aliphatic carbocycles. The fourth-order valence-corrected chi connectivity index (χ4v) is 2.67. The Balaban J connectivity index is 1.65. The Bertz CT molecular complexity index is 1030. The summed E-state index contributed by atoms with van der Waals surface area (Å²) in [4.78, 5) is 4.27. The summed E-state index contributed by atoms with van der Waals surface area (Å²) in [5.74, 6) is 1.95. The molecule has 0 fully saturated rings. The van der Waals surface area contributed by atoms with Gasteiger partial charge < -0.3 is 19.4 Å². The van der Waals surface area contributed by atoms with Crippen molar-refractivity contribution in [2.24, 2.45) is 0 Å². The van der Waals surface area contributed by atoms with Crippen molar-refractivity contribution in [3.05, 3.63) is 54.4 Å². The molecule has 0 atom stereocenters. The molecular formula is C19H17N5O3. The molecule has 4 aromatic rings. The quantitative estimate of drug-likeness (QED) is 0.537. The highest BCUT2D eigenvalue weighted by Crippen LogP contribution is 2.34. The summed E-state index contributed by atoms with van der Waals surface area (Å²) in [6.45, 7) is 2.28. The number of pyridine rings is 1. The topological polar surface area (TPSA) is 110 Å². The highest BCUT2D eigenvalue weighted by atomic mass is 16.5. The van der Waals surface area contributed by atoms with Gasteiger partial charge in [0.2, 0.25) is 5.89 Å². The molecule has 4 rings (SSSR count). The molecule has 0 saturated carbocycles. The molecule has 0 amide bonds. The zero-order chi connectivity index (χ0) is 18.6. The zero-order valence-electron chi connectivity index (χ0n) is 14.6. The number of aromatic nitrogens is 4. The van der Waals surface area contributed by atoms with Crippen LogP contribution in [0.4, 0.5) is 5.82 Å². The Kier molecular flexibility index (Phi) is 4.63. The van der Waals surface area contributed by atoms with Gasteiger partial charge in [0, 0.05) is 18.3 Å². The fraction of sp³-hybridized carbons (Fsp3) is 0.158. The van der Waals surface area contributed by atoms with Gasteiger partial charge in [0.15, 0.2) is 0 Å².